The maximum Gasteiger partial charge on any atom is 0.244 e. The van der Waals surface area contributed by atoms with Gasteiger partial charge in [0.25, 0.3) is 0 Å². The number of rotatable bonds is 4. The van der Waals surface area contributed by atoms with E-state index >= 15 is 0 Å². The summed E-state index contributed by atoms with van der Waals surface area (Å²) in [5.74, 6) is 1.29. The van der Waals surface area contributed by atoms with Crippen molar-refractivity contribution in [3.8, 4) is 17.1 Å². The first-order valence-electron chi connectivity index (χ1n) is 8.70. The first kappa shape index (κ1) is 16.8. The van der Waals surface area contributed by atoms with Crippen molar-refractivity contribution in [1.82, 2.24) is 15.0 Å². The molecule has 2 N–H and O–H groups in total. The molecule has 1 aliphatic rings. The molecule has 134 valence electrons. The summed E-state index contributed by atoms with van der Waals surface area (Å²) in [6.45, 7) is 3.03. The van der Waals surface area contributed by atoms with Crippen molar-refractivity contribution in [3.05, 3.63) is 65.5 Å². The van der Waals surface area contributed by atoms with E-state index in [1.165, 1.54) is 0 Å². The van der Waals surface area contributed by atoms with E-state index in [2.05, 4.69) is 15.0 Å². The average Bonchev–Trinajstić information content (AvgIpc) is 3.24. The van der Waals surface area contributed by atoms with Gasteiger partial charge in [0.1, 0.15) is 5.75 Å². The van der Waals surface area contributed by atoms with Crippen molar-refractivity contribution in [1.29, 1.82) is 0 Å². The van der Waals surface area contributed by atoms with Crippen LogP contribution in [-0.2, 0) is 6.54 Å². The predicted molar refractivity (Wildman–Crippen MR) is 96.4 cm³/mol. The number of aliphatic hydroxyl groups is 1. The summed E-state index contributed by atoms with van der Waals surface area (Å²) in [6, 6.07) is 15.0. The second-order valence-electron chi connectivity index (χ2n) is 6.79. The number of phenols is 1. The Labute approximate surface area is 151 Å². The smallest absolute Gasteiger partial charge is 0.244 e. The zero-order valence-corrected chi connectivity index (χ0v) is 14.5. The summed E-state index contributed by atoms with van der Waals surface area (Å²) in [6.07, 6.45) is 0.0726. The van der Waals surface area contributed by atoms with Gasteiger partial charge < -0.3 is 14.7 Å². The van der Waals surface area contributed by atoms with E-state index in [0.29, 0.717) is 31.2 Å². The normalized spacial score (nSPS) is 20.5. The van der Waals surface area contributed by atoms with Crippen LogP contribution in [0.15, 0.2) is 53.1 Å². The summed E-state index contributed by atoms with van der Waals surface area (Å²) in [5, 5.41) is 24.3. The van der Waals surface area contributed by atoms with Crippen molar-refractivity contribution < 1.29 is 14.7 Å². The standard InChI is InChI=1S/C20H21N3O3/c1-13-5-4-7-14(9-13)19-21-20(26-22-19)17-10-16(24)12-23(17)11-15-6-2-3-8-18(15)25/h2-9,16-17,24-25H,10-12H2,1H3. The van der Waals surface area contributed by atoms with E-state index in [-0.39, 0.29) is 11.8 Å². The molecule has 1 aromatic heterocycles. The first-order chi connectivity index (χ1) is 12.6. The molecule has 1 aliphatic heterocycles. The molecular formula is C20H21N3O3. The monoisotopic (exact) mass is 351 g/mol. The van der Waals surface area contributed by atoms with E-state index in [0.717, 1.165) is 16.7 Å². The van der Waals surface area contributed by atoms with E-state index < -0.39 is 6.10 Å². The Morgan fingerprint density at radius 3 is 2.85 bits per heavy atom. The quantitative estimate of drug-likeness (QED) is 0.752. The Bertz CT molecular complexity index is 909. The summed E-state index contributed by atoms with van der Waals surface area (Å²) in [7, 11) is 0. The lowest BCUT2D eigenvalue weighted by Gasteiger charge is -2.21. The van der Waals surface area contributed by atoms with Crippen LogP contribution in [0.5, 0.6) is 5.75 Å². The summed E-state index contributed by atoms with van der Waals surface area (Å²) < 4.78 is 5.51. The van der Waals surface area contributed by atoms with E-state index in [4.69, 9.17) is 4.52 Å². The van der Waals surface area contributed by atoms with Crippen LogP contribution in [0.3, 0.4) is 0 Å². The topological polar surface area (TPSA) is 82.6 Å². The van der Waals surface area contributed by atoms with E-state index in [9.17, 15) is 10.2 Å². The lowest BCUT2D eigenvalue weighted by Crippen LogP contribution is -2.24. The minimum Gasteiger partial charge on any atom is -0.508 e. The number of aryl methyl sites for hydroxylation is 1. The molecule has 0 saturated carbocycles. The largest absolute Gasteiger partial charge is 0.508 e. The van der Waals surface area contributed by atoms with Gasteiger partial charge in [0, 0.05) is 24.2 Å². The molecule has 2 aromatic carbocycles. The van der Waals surface area contributed by atoms with Crippen LogP contribution in [0, 0.1) is 6.92 Å². The highest BCUT2D eigenvalue weighted by molar-refractivity contribution is 5.55. The maximum atomic E-state index is 10.1. The van der Waals surface area contributed by atoms with Crippen LogP contribution in [-0.4, -0.2) is 37.9 Å². The lowest BCUT2D eigenvalue weighted by molar-refractivity contribution is 0.168. The third-order valence-corrected chi connectivity index (χ3v) is 4.75. The Balaban J connectivity index is 1.58. The molecule has 6 heteroatoms. The van der Waals surface area contributed by atoms with Crippen LogP contribution in [0.1, 0.15) is 29.5 Å². The number of hydrogen-bond acceptors (Lipinski definition) is 6. The van der Waals surface area contributed by atoms with Crippen molar-refractivity contribution in [3.63, 3.8) is 0 Å². The zero-order chi connectivity index (χ0) is 18.1. The Morgan fingerprint density at radius 1 is 1.19 bits per heavy atom. The molecular weight excluding hydrogens is 330 g/mol. The molecule has 0 bridgehead atoms. The third-order valence-electron chi connectivity index (χ3n) is 4.75. The van der Waals surface area contributed by atoms with Gasteiger partial charge in [-0.2, -0.15) is 4.98 Å². The van der Waals surface area contributed by atoms with Gasteiger partial charge in [0.15, 0.2) is 0 Å². The van der Waals surface area contributed by atoms with E-state index in [1.807, 2.05) is 43.3 Å². The minimum atomic E-state index is -0.458. The zero-order valence-electron chi connectivity index (χ0n) is 14.5. The molecule has 0 spiro atoms. The highest BCUT2D eigenvalue weighted by atomic mass is 16.5. The molecule has 26 heavy (non-hydrogen) atoms. The Morgan fingerprint density at radius 2 is 2.04 bits per heavy atom. The lowest BCUT2D eigenvalue weighted by atomic mass is 10.1. The van der Waals surface area contributed by atoms with Gasteiger partial charge >= 0.3 is 0 Å². The van der Waals surface area contributed by atoms with Crippen LogP contribution in [0.2, 0.25) is 0 Å². The number of β-amino-alcohol motifs (C(OH)–C–C–N with tert-alkyl or cyclic N) is 1. The summed E-state index contributed by atoms with van der Waals surface area (Å²) >= 11 is 0. The number of aromatic hydroxyl groups is 1. The van der Waals surface area contributed by atoms with Gasteiger partial charge in [-0.3, -0.25) is 4.90 Å². The predicted octanol–water partition coefficient (Wildman–Crippen LogP) is 3.06. The second-order valence-corrected chi connectivity index (χ2v) is 6.79. The number of hydrogen-bond donors (Lipinski definition) is 2. The van der Waals surface area contributed by atoms with Gasteiger partial charge in [-0.05, 0) is 25.5 Å². The van der Waals surface area contributed by atoms with Gasteiger partial charge in [0.05, 0.1) is 12.1 Å². The number of aromatic nitrogens is 2. The van der Waals surface area contributed by atoms with E-state index in [1.54, 1.807) is 12.1 Å². The van der Waals surface area contributed by atoms with Gasteiger partial charge in [-0.1, -0.05) is 47.1 Å². The summed E-state index contributed by atoms with van der Waals surface area (Å²) in [5.41, 5.74) is 2.85. The molecule has 0 amide bonds. The molecule has 1 fully saturated rings. The van der Waals surface area contributed by atoms with Crippen LogP contribution >= 0.6 is 0 Å². The number of aliphatic hydroxyl groups excluding tert-OH is 1. The highest BCUT2D eigenvalue weighted by Gasteiger charge is 2.36. The van der Waals surface area contributed by atoms with Crippen molar-refractivity contribution in [2.75, 3.05) is 6.54 Å². The van der Waals surface area contributed by atoms with Crippen molar-refractivity contribution in [2.45, 2.75) is 32.0 Å². The number of benzene rings is 2. The molecule has 1 saturated heterocycles. The Kier molecular flexibility index (Phi) is 4.44. The fourth-order valence-electron chi connectivity index (χ4n) is 3.45. The van der Waals surface area contributed by atoms with Crippen molar-refractivity contribution in [2.24, 2.45) is 0 Å². The fourth-order valence-corrected chi connectivity index (χ4v) is 3.45. The van der Waals surface area contributed by atoms with Crippen molar-refractivity contribution >= 4 is 0 Å². The second kappa shape index (κ2) is 6.90. The molecule has 2 atom stereocenters. The fraction of sp³-hybridized carbons (Fsp3) is 0.300. The molecule has 0 aliphatic carbocycles. The molecule has 2 unspecified atom stereocenters. The van der Waals surface area contributed by atoms with Gasteiger partial charge in [0.2, 0.25) is 11.7 Å². The van der Waals surface area contributed by atoms with Crippen LogP contribution in [0.25, 0.3) is 11.4 Å². The molecule has 6 nitrogen and oxygen atoms in total. The minimum absolute atomic E-state index is 0.171. The Hall–Kier alpha value is -2.70. The average molecular weight is 351 g/mol. The first-order valence-corrected chi connectivity index (χ1v) is 8.70. The van der Waals surface area contributed by atoms with Crippen LogP contribution < -0.4 is 0 Å². The molecule has 0 radical (unpaired) electrons. The number of nitrogens with zero attached hydrogens (tertiary/aromatic N) is 3. The molecule has 3 aromatic rings. The number of para-hydroxylation sites is 1. The molecule has 2 heterocycles. The molecule has 4 rings (SSSR count). The SMILES string of the molecule is Cc1cccc(-c2noc(C3CC(O)CN3Cc3ccccc3O)n2)c1. The van der Waals surface area contributed by atoms with Gasteiger partial charge in [-0.25, -0.2) is 0 Å². The maximum absolute atomic E-state index is 10.1. The number of likely N-dealkylation sites (tertiary alicyclic amines) is 1. The highest BCUT2D eigenvalue weighted by Crippen LogP contribution is 2.34. The third kappa shape index (κ3) is 3.34. The summed E-state index contributed by atoms with van der Waals surface area (Å²) in [4.78, 5) is 6.62. The number of phenolic OH excluding ortho intramolecular Hbond substituents is 1. The van der Waals surface area contributed by atoms with Crippen LogP contribution in [0.4, 0.5) is 0 Å². The van der Waals surface area contributed by atoms with Gasteiger partial charge in [-0.15, -0.1) is 0 Å².